The predicted octanol–water partition coefficient (Wildman–Crippen LogP) is 3.60. The van der Waals surface area contributed by atoms with E-state index in [1.807, 2.05) is 13.8 Å². The molecule has 1 saturated carbocycles. The molecule has 4 nitrogen and oxygen atoms in total. The summed E-state index contributed by atoms with van der Waals surface area (Å²) in [5, 5.41) is 0. The van der Waals surface area contributed by atoms with Gasteiger partial charge in [0.25, 0.3) is 6.29 Å². The number of carbonyl (C=O) groups excluding carboxylic acids is 2. The third-order valence-electron chi connectivity index (χ3n) is 3.56. The number of allylic oxidation sites excluding steroid dienone is 1. The highest BCUT2D eigenvalue weighted by atomic mass is 16.7. The summed E-state index contributed by atoms with van der Waals surface area (Å²) in [6.45, 7) is 6.70. The highest BCUT2D eigenvalue weighted by Gasteiger charge is 2.25. The summed E-state index contributed by atoms with van der Waals surface area (Å²) in [5.74, 6) is -0.215. The Balaban J connectivity index is 2.89. The maximum absolute atomic E-state index is 11.2. The van der Waals surface area contributed by atoms with E-state index in [1.165, 1.54) is 33.1 Å². The topological polar surface area (TPSA) is 52.6 Å². The van der Waals surface area contributed by atoms with Crippen LogP contribution in [0.25, 0.3) is 0 Å². The number of rotatable bonds is 5. The van der Waals surface area contributed by atoms with Gasteiger partial charge in [0.15, 0.2) is 0 Å². The van der Waals surface area contributed by atoms with Crippen LogP contribution in [-0.2, 0) is 19.1 Å². The molecule has 1 aliphatic rings. The molecule has 0 saturated heterocycles. The van der Waals surface area contributed by atoms with Gasteiger partial charge in [0.2, 0.25) is 0 Å². The lowest BCUT2D eigenvalue weighted by Crippen LogP contribution is -2.27. The van der Waals surface area contributed by atoms with Crippen LogP contribution in [-0.4, -0.2) is 18.2 Å². The zero-order chi connectivity index (χ0) is 15.1. The van der Waals surface area contributed by atoms with Crippen molar-refractivity contribution in [2.45, 2.75) is 66.1 Å². The van der Waals surface area contributed by atoms with Crippen molar-refractivity contribution in [3.05, 3.63) is 11.6 Å². The van der Waals surface area contributed by atoms with Gasteiger partial charge in [0, 0.05) is 19.4 Å². The summed E-state index contributed by atoms with van der Waals surface area (Å²) in [4.78, 5) is 22.4. The van der Waals surface area contributed by atoms with Crippen molar-refractivity contribution in [1.82, 2.24) is 0 Å². The normalized spacial score (nSPS) is 17.4. The van der Waals surface area contributed by atoms with Crippen molar-refractivity contribution >= 4 is 11.9 Å². The van der Waals surface area contributed by atoms with E-state index in [2.05, 4.69) is 6.08 Å². The van der Waals surface area contributed by atoms with Crippen molar-refractivity contribution in [3.8, 4) is 0 Å². The van der Waals surface area contributed by atoms with Crippen LogP contribution in [0.2, 0.25) is 0 Å². The molecule has 1 aliphatic carbocycles. The third-order valence-corrected chi connectivity index (χ3v) is 3.56. The first-order valence-electron chi connectivity index (χ1n) is 7.46. The Morgan fingerprint density at radius 1 is 1.00 bits per heavy atom. The lowest BCUT2D eigenvalue weighted by atomic mass is 9.86. The van der Waals surface area contributed by atoms with Crippen molar-refractivity contribution in [2.75, 3.05) is 0 Å². The fraction of sp³-hybridized carbons (Fsp3) is 0.750. The minimum atomic E-state index is -0.882. The minimum absolute atomic E-state index is 0.167. The molecule has 0 aliphatic heterocycles. The second-order valence-corrected chi connectivity index (χ2v) is 5.77. The molecule has 4 heteroatoms. The first-order chi connectivity index (χ1) is 9.40. The van der Waals surface area contributed by atoms with Crippen molar-refractivity contribution in [2.24, 2.45) is 11.8 Å². The quantitative estimate of drug-likeness (QED) is 0.439. The highest BCUT2D eigenvalue weighted by molar-refractivity contribution is 5.68. The Hall–Kier alpha value is -1.32. The van der Waals surface area contributed by atoms with E-state index in [0.717, 1.165) is 18.4 Å². The SMILES string of the molecule is CC(=O)OC(OC(C)=O)C(=CC1CCCCC1)C(C)C. The number of hydrogen-bond acceptors (Lipinski definition) is 4. The van der Waals surface area contributed by atoms with E-state index in [9.17, 15) is 9.59 Å². The van der Waals surface area contributed by atoms with Crippen LogP contribution in [0.4, 0.5) is 0 Å². The third kappa shape index (κ3) is 5.76. The van der Waals surface area contributed by atoms with Gasteiger partial charge >= 0.3 is 11.9 Å². The number of carbonyl (C=O) groups is 2. The molecule has 0 bridgehead atoms. The van der Waals surface area contributed by atoms with Gasteiger partial charge < -0.3 is 9.47 Å². The Morgan fingerprint density at radius 2 is 1.50 bits per heavy atom. The second-order valence-electron chi connectivity index (χ2n) is 5.77. The van der Waals surface area contributed by atoms with Gasteiger partial charge in [0.1, 0.15) is 0 Å². The molecule has 0 aromatic rings. The second kappa shape index (κ2) is 8.08. The lowest BCUT2D eigenvalue weighted by Gasteiger charge is -2.26. The number of esters is 2. The summed E-state index contributed by atoms with van der Waals surface area (Å²) in [6.07, 6.45) is 7.34. The van der Waals surface area contributed by atoms with Crippen LogP contribution in [0.5, 0.6) is 0 Å². The van der Waals surface area contributed by atoms with Gasteiger partial charge in [-0.3, -0.25) is 9.59 Å². The average molecular weight is 282 g/mol. The fourth-order valence-corrected chi connectivity index (χ4v) is 2.58. The Labute approximate surface area is 121 Å². The summed E-state index contributed by atoms with van der Waals surface area (Å²) >= 11 is 0. The largest absolute Gasteiger partial charge is 0.421 e. The van der Waals surface area contributed by atoms with Gasteiger partial charge in [-0.05, 0) is 24.7 Å². The van der Waals surface area contributed by atoms with Crippen molar-refractivity contribution in [3.63, 3.8) is 0 Å². The highest BCUT2D eigenvalue weighted by Crippen LogP contribution is 2.29. The van der Waals surface area contributed by atoms with Crippen LogP contribution in [0, 0.1) is 11.8 Å². The molecule has 20 heavy (non-hydrogen) atoms. The van der Waals surface area contributed by atoms with E-state index in [-0.39, 0.29) is 5.92 Å². The van der Waals surface area contributed by atoms with Crippen LogP contribution >= 0.6 is 0 Å². The fourth-order valence-electron chi connectivity index (χ4n) is 2.58. The van der Waals surface area contributed by atoms with Gasteiger partial charge in [-0.1, -0.05) is 39.2 Å². The maximum Gasteiger partial charge on any atom is 0.305 e. The Kier molecular flexibility index (Phi) is 6.76. The molecule has 0 unspecified atom stereocenters. The Morgan fingerprint density at radius 3 is 1.90 bits per heavy atom. The first kappa shape index (κ1) is 16.7. The predicted molar refractivity (Wildman–Crippen MR) is 76.8 cm³/mol. The molecule has 0 radical (unpaired) electrons. The molecule has 0 aromatic carbocycles. The molecule has 0 atom stereocenters. The molecule has 1 rings (SSSR count). The number of hydrogen-bond donors (Lipinski definition) is 0. The lowest BCUT2D eigenvalue weighted by molar-refractivity contribution is -0.178. The molecule has 0 N–H and O–H groups in total. The van der Waals surface area contributed by atoms with E-state index in [0.29, 0.717) is 5.92 Å². The van der Waals surface area contributed by atoms with Crippen molar-refractivity contribution in [1.29, 1.82) is 0 Å². The van der Waals surface area contributed by atoms with E-state index in [1.54, 1.807) is 0 Å². The minimum Gasteiger partial charge on any atom is -0.421 e. The summed E-state index contributed by atoms with van der Waals surface area (Å²) in [5.41, 5.74) is 0.891. The summed E-state index contributed by atoms with van der Waals surface area (Å²) in [6, 6.07) is 0. The monoisotopic (exact) mass is 282 g/mol. The van der Waals surface area contributed by atoms with Gasteiger partial charge in [-0.25, -0.2) is 0 Å². The molecular weight excluding hydrogens is 256 g/mol. The smallest absolute Gasteiger partial charge is 0.305 e. The molecule has 114 valence electrons. The van der Waals surface area contributed by atoms with Crippen LogP contribution in [0.1, 0.15) is 59.8 Å². The summed E-state index contributed by atoms with van der Waals surface area (Å²) in [7, 11) is 0. The van der Waals surface area contributed by atoms with Gasteiger partial charge in [0.05, 0.1) is 0 Å². The van der Waals surface area contributed by atoms with Crippen LogP contribution in [0.15, 0.2) is 11.6 Å². The first-order valence-corrected chi connectivity index (χ1v) is 7.46. The van der Waals surface area contributed by atoms with Crippen molar-refractivity contribution < 1.29 is 19.1 Å². The van der Waals surface area contributed by atoms with Crippen LogP contribution < -0.4 is 0 Å². The van der Waals surface area contributed by atoms with E-state index < -0.39 is 18.2 Å². The molecular formula is C16H26O4. The standard InChI is InChI=1S/C16H26O4/c1-11(2)15(10-14-8-6-5-7-9-14)16(19-12(3)17)20-13(4)18/h10-11,14,16H,5-9H2,1-4H3. The van der Waals surface area contributed by atoms with E-state index >= 15 is 0 Å². The average Bonchev–Trinajstić information content (AvgIpc) is 2.35. The molecule has 1 fully saturated rings. The molecule has 0 spiro atoms. The zero-order valence-corrected chi connectivity index (χ0v) is 13.0. The van der Waals surface area contributed by atoms with Gasteiger partial charge in [-0.2, -0.15) is 0 Å². The molecule has 0 amide bonds. The maximum atomic E-state index is 11.2. The zero-order valence-electron chi connectivity index (χ0n) is 13.0. The molecule has 0 heterocycles. The molecule has 0 aromatic heterocycles. The van der Waals surface area contributed by atoms with E-state index in [4.69, 9.17) is 9.47 Å². The number of ether oxygens (including phenoxy) is 2. The van der Waals surface area contributed by atoms with Gasteiger partial charge in [-0.15, -0.1) is 0 Å². The summed E-state index contributed by atoms with van der Waals surface area (Å²) < 4.78 is 10.4. The Bertz CT molecular complexity index is 349. The van der Waals surface area contributed by atoms with Crippen LogP contribution in [0.3, 0.4) is 0 Å².